The fourth-order valence-electron chi connectivity index (χ4n) is 1.75. The molecule has 1 aliphatic rings. The Balaban J connectivity index is 1.88. The molecule has 0 aliphatic carbocycles. The highest BCUT2D eigenvalue weighted by Crippen LogP contribution is 2.39. The zero-order chi connectivity index (χ0) is 17.4. The number of nitro groups is 2. The van der Waals surface area contributed by atoms with Gasteiger partial charge in [-0.25, -0.2) is 9.88 Å². The van der Waals surface area contributed by atoms with E-state index in [-0.39, 0.29) is 25.9 Å². The zero-order valence-corrected chi connectivity index (χ0v) is 13.8. The lowest BCUT2D eigenvalue weighted by Gasteiger charge is -2.08. The largest absolute Gasteiger partial charge is 0.345 e. The van der Waals surface area contributed by atoms with Gasteiger partial charge in [-0.05, 0) is 29.2 Å². The molecular formula is C11H5N5O5S3. The lowest BCUT2D eigenvalue weighted by Crippen LogP contribution is -2.27. The SMILES string of the molecule is N=C1S/C(=C\c2cc([N+](=O)[O-])cs2)C(=O)N1c1ncc([N+](=O)[O-])s1. The van der Waals surface area contributed by atoms with Crippen LogP contribution in [0, 0.1) is 25.6 Å². The van der Waals surface area contributed by atoms with Gasteiger partial charge in [-0.15, -0.1) is 11.3 Å². The number of hydrogen-bond acceptors (Lipinski definition) is 10. The van der Waals surface area contributed by atoms with Crippen molar-refractivity contribution < 1.29 is 14.6 Å². The standard InChI is InChI=1S/C11H5N5O5S3/c12-10-14(11-13-3-8(24-11)16(20)21)9(17)7(23-10)2-6-1-5(4-22-6)15(18)19/h1-4,12H/b7-2-,12-10?. The molecule has 10 nitrogen and oxygen atoms in total. The van der Waals surface area contributed by atoms with Gasteiger partial charge in [-0.2, -0.15) is 0 Å². The first-order valence-corrected chi connectivity index (χ1v) is 8.54. The maximum absolute atomic E-state index is 12.4. The molecule has 0 unspecified atom stereocenters. The third-order valence-corrected chi connectivity index (χ3v) is 5.46. The number of aromatic nitrogens is 1. The summed E-state index contributed by atoms with van der Waals surface area (Å²) in [7, 11) is 0. The number of nitrogens with one attached hydrogen (secondary N) is 1. The molecule has 0 bridgehead atoms. The molecule has 0 radical (unpaired) electrons. The van der Waals surface area contributed by atoms with Gasteiger partial charge in [0.15, 0.2) is 5.17 Å². The maximum Gasteiger partial charge on any atom is 0.345 e. The summed E-state index contributed by atoms with van der Waals surface area (Å²) in [5.41, 5.74) is -0.0789. The molecule has 1 amide bonds. The van der Waals surface area contributed by atoms with Gasteiger partial charge in [0.25, 0.3) is 11.6 Å². The predicted molar refractivity (Wildman–Crippen MR) is 90.5 cm³/mol. The molecule has 1 fully saturated rings. The van der Waals surface area contributed by atoms with Gasteiger partial charge in [0.05, 0.1) is 20.1 Å². The Morgan fingerprint density at radius 3 is 2.62 bits per heavy atom. The molecule has 2 aromatic heterocycles. The number of rotatable bonds is 4. The lowest BCUT2D eigenvalue weighted by atomic mass is 10.3. The van der Waals surface area contributed by atoms with E-state index in [9.17, 15) is 25.0 Å². The van der Waals surface area contributed by atoms with Crippen LogP contribution in [0.2, 0.25) is 0 Å². The highest BCUT2D eigenvalue weighted by molar-refractivity contribution is 8.19. The number of hydrogen-bond donors (Lipinski definition) is 1. The van der Waals surface area contributed by atoms with Gasteiger partial charge >= 0.3 is 5.00 Å². The normalized spacial score (nSPS) is 16.2. The van der Waals surface area contributed by atoms with Crippen LogP contribution in [0.15, 0.2) is 22.5 Å². The van der Waals surface area contributed by atoms with Gasteiger partial charge < -0.3 is 0 Å². The average molecular weight is 383 g/mol. The number of anilines is 1. The van der Waals surface area contributed by atoms with E-state index in [1.165, 1.54) is 17.5 Å². The molecule has 1 aliphatic heterocycles. The molecule has 3 rings (SSSR count). The summed E-state index contributed by atoms with van der Waals surface area (Å²) in [6, 6.07) is 1.33. The highest BCUT2D eigenvalue weighted by Gasteiger charge is 2.36. The number of amides is 1. The highest BCUT2D eigenvalue weighted by atomic mass is 32.2. The van der Waals surface area contributed by atoms with Crippen molar-refractivity contribution >= 4 is 67.4 Å². The molecule has 0 atom stereocenters. The van der Waals surface area contributed by atoms with Crippen LogP contribution >= 0.6 is 34.4 Å². The number of nitrogens with zero attached hydrogens (tertiary/aromatic N) is 4. The summed E-state index contributed by atoms with van der Waals surface area (Å²) >= 11 is 2.65. The van der Waals surface area contributed by atoms with Crippen molar-refractivity contribution in [1.82, 2.24) is 4.98 Å². The fourth-order valence-corrected chi connectivity index (χ4v) is 4.24. The predicted octanol–water partition coefficient (Wildman–Crippen LogP) is 3.08. The van der Waals surface area contributed by atoms with Crippen LogP contribution in [-0.2, 0) is 4.79 Å². The second kappa shape index (κ2) is 6.10. The Kier molecular flexibility index (Phi) is 4.13. The van der Waals surface area contributed by atoms with Gasteiger partial charge in [0.2, 0.25) is 5.13 Å². The molecule has 0 saturated carbocycles. The number of carbonyl (C=O) groups is 1. The number of amidine groups is 1. The van der Waals surface area contributed by atoms with Crippen molar-refractivity contribution in [3.8, 4) is 0 Å². The van der Waals surface area contributed by atoms with Crippen LogP contribution in [0.3, 0.4) is 0 Å². The summed E-state index contributed by atoms with van der Waals surface area (Å²) < 4.78 is 0. The van der Waals surface area contributed by atoms with Crippen LogP contribution in [0.4, 0.5) is 15.8 Å². The smallest absolute Gasteiger partial charge is 0.278 e. The molecule has 3 heterocycles. The first-order chi connectivity index (χ1) is 11.4. The monoisotopic (exact) mass is 383 g/mol. The van der Waals surface area contributed by atoms with Crippen LogP contribution < -0.4 is 4.90 Å². The van der Waals surface area contributed by atoms with Crippen molar-refractivity contribution in [3.05, 3.63) is 47.7 Å². The van der Waals surface area contributed by atoms with Crippen molar-refractivity contribution in [2.24, 2.45) is 0 Å². The minimum absolute atomic E-state index is 0.0322. The third kappa shape index (κ3) is 2.91. The quantitative estimate of drug-likeness (QED) is 0.485. The first-order valence-electron chi connectivity index (χ1n) is 6.02. The Hall–Kier alpha value is -2.64. The van der Waals surface area contributed by atoms with Crippen LogP contribution in [0.1, 0.15) is 4.88 Å². The second-order valence-corrected chi connectivity index (χ2v) is 7.22. The van der Waals surface area contributed by atoms with Crippen molar-refractivity contribution in [2.75, 3.05) is 4.90 Å². The Bertz CT molecular complexity index is 917. The molecule has 1 saturated heterocycles. The van der Waals surface area contributed by atoms with E-state index in [1.54, 1.807) is 0 Å². The summed E-state index contributed by atoms with van der Waals surface area (Å²) in [4.78, 5) is 38.1. The number of thiazole rings is 1. The average Bonchev–Trinajstić information content (AvgIpc) is 3.20. The number of thiophene rings is 1. The number of carbonyl (C=O) groups excluding carboxylic acids is 1. The van der Waals surface area contributed by atoms with E-state index >= 15 is 0 Å². The van der Waals surface area contributed by atoms with Gasteiger partial charge in [-0.3, -0.25) is 30.4 Å². The van der Waals surface area contributed by atoms with E-state index in [4.69, 9.17) is 5.41 Å². The van der Waals surface area contributed by atoms with Gasteiger partial charge in [0.1, 0.15) is 6.20 Å². The molecule has 24 heavy (non-hydrogen) atoms. The molecule has 122 valence electrons. The molecule has 2 aromatic rings. The second-order valence-electron chi connectivity index (χ2n) is 4.26. The minimum Gasteiger partial charge on any atom is -0.278 e. The molecule has 1 N–H and O–H groups in total. The van der Waals surface area contributed by atoms with Gasteiger partial charge in [-0.1, -0.05) is 0 Å². The maximum atomic E-state index is 12.4. The van der Waals surface area contributed by atoms with E-state index in [0.717, 1.165) is 34.2 Å². The lowest BCUT2D eigenvalue weighted by molar-refractivity contribution is -0.384. The first kappa shape index (κ1) is 16.2. The van der Waals surface area contributed by atoms with E-state index < -0.39 is 15.8 Å². The van der Waals surface area contributed by atoms with E-state index in [1.807, 2.05) is 0 Å². The van der Waals surface area contributed by atoms with Gasteiger partial charge in [0, 0.05) is 10.9 Å². The molecule has 0 spiro atoms. The Morgan fingerprint density at radius 1 is 1.29 bits per heavy atom. The molecule has 0 aromatic carbocycles. The number of thioether (sulfide) groups is 1. The van der Waals surface area contributed by atoms with Crippen LogP contribution in [0.5, 0.6) is 0 Å². The van der Waals surface area contributed by atoms with E-state index in [2.05, 4.69) is 4.98 Å². The topological polar surface area (TPSA) is 143 Å². The van der Waals surface area contributed by atoms with Crippen LogP contribution in [0.25, 0.3) is 6.08 Å². The Labute approximate surface area is 145 Å². The summed E-state index contributed by atoms with van der Waals surface area (Å²) in [6.07, 6.45) is 2.47. The van der Waals surface area contributed by atoms with E-state index in [0.29, 0.717) is 16.2 Å². The summed E-state index contributed by atoms with van der Waals surface area (Å²) in [5, 5.41) is 30.3. The minimum atomic E-state index is -0.625. The van der Waals surface area contributed by atoms with Crippen molar-refractivity contribution in [1.29, 1.82) is 5.41 Å². The van der Waals surface area contributed by atoms with Crippen LogP contribution in [-0.4, -0.2) is 25.9 Å². The fraction of sp³-hybridized carbons (Fsp3) is 0. The summed E-state index contributed by atoms with van der Waals surface area (Å²) in [6.45, 7) is 0. The van der Waals surface area contributed by atoms with Crippen molar-refractivity contribution in [2.45, 2.75) is 0 Å². The van der Waals surface area contributed by atoms with Crippen molar-refractivity contribution in [3.63, 3.8) is 0 Å². The summed E-state index contributed by atoms with van der Waals surface area (Å²) in [5.74, 6) is -0.551. The third-order valence-electron chi connectivity index (χ3n) is 2.77. The Morgan fingerprint density at radius 2 is 2.04 bits per heavy atom. The zero-order valence-electron chi connectivity index (χ0n) is 11.4. The molecular weight excluding hydrogens is 378 g/mol. The molecule has 13 heteroatoms.